The molecule has 37 heavy (non-hydrogen) atoms. The first-order valence-electron chi connectivity index (χ1n) is 12.5. The van der Waals surface area contributed by atoms with Gasteiger partial charge in [-0.15, -0.1) is 0 Å². The number of piperidine rings is 1. The van der Waals surface area contributed by atoms with Crippen LogP contribution in [0.25, 0.3) is 21.8 Å². The Hall–Kier alpha value is -3.64. The highest BCUT2D eigenvalue weighted by molar-refractivity contribution is 5.90. The van der Waals surface area contributed by atoms with E-state index in [9.17, 15) is 18.4 Å². The molecule has 2 aliphatic heterocycles. The quantitative estimate of drug-likeness (QED) is 0.382. The summed E-state index contributed by atoms with van der Waals surface area (Å²) < 4.78 is 40.7. The second-order valence-corrected chi connectivity index (χ2v) is 10.6. The molecule has 2 aromatic carbocycles. The van der Waals surface area contributed by atoms with E-state index in [1.807, 2.05) is 17.7 Å². The minimum absolute atomic E-state index is 0.225. The molecule has 0 unspecified atom stereocenters. The second kappa shape index (κ2) is 8.73. The number of nitriles is 1. The van der Waals surface area contributed by atoms with Gasteiger partial charge in [-0.1, -0.05) is 12.1 Å². The number of benzene rings is 2. The summed E-state index contributed by atoms with van der Waals surface area (Å²) in [5, 5.41) is 11.1. The summed E-state index contributed by atoms with van der Waals surface area (Å²) in [6.45, 7) is 4.62. The van der Waals surface area contributed by atoms with E-state index in [0.29, 0.717) is 16.6 Å². The highest BCUT2D eigenvalue weighted by Crippen LogP contribution is 2.44. The molecule has 6 nitrogen and oxygen atoms in total. The number of halogens is 3. The van der Waals surface area contributed by atoms with Crippen molar-refractivity contribution in [2.24, 2.45) is 12.5 Å². The van der Waals surface area contributed by atoms with E-state index in [1.165, 1.54) is 18.0 Å². The minimum Gasteiger partial charge on any atom is -0.355 e. The molecule has 9 heteroatoms. The number of anilines is 1. The van der Waals surface area contributed by atoms with Gasteiger partial charge in [-0.25, -0.2) is 9.97 Å². The fraction of sp³-hybridized carbons (Fsp3) is 0.393. The van der Waals surface area contributed by atoms with E-state index in [4.69, 9.17) is 0 Å². The van der Waals surface area contributed by atoms with Gasteiger partial charge in [-0.05, 0) is 67.4 Å². The Morgan fingerprint density at radius 3 is 2.49 bits per heavy atom. The Kier molecular flexibility index (Phi) is 5.60. The van der Waals surface area contributed by atoms with Crippen LogP contribution in [0.3, 0.4) is 0 Å². The Morgan fingerprint density at radius 2 is 1.76 bits per heavy atom. The number of aromatic nitrogens is 3. The molecular weight excluding hydrogens is 477 g/mol. The maximum atomic E-state index is 12.9. The van der Waals surface area contributed by atoms with Gasteiger partial charge in [0.05, 0.1) is 11.9 Å². The van der Waals surface area contributed by atoms with Gasteiger partial charge in [0, 0.05) is 48.4 Å². The normalized spacial score (nSPS) is 17.9. The molecule has 2 aromatic heterocycles. The van der Waals surface area contributed by atoms with Crippen LogP contribution in [0.15, 0.2) is 48.8 Å². The van der Waals surface area contributed by atoms with E-state index < -0.39 is 12.6 Å². The predicted molar refractivity (Wildman–Crippen MR) is 136 cm³/mol. The molecule has 0 bridgehead atoms. The van der Waals surface area contributed by atoms with Crippen LogP contribution in [0.2, 0.25) is 0 Å². The maximum absolute atomic E-state index is 12.9. The Labute approximate surface area is 212 Å². The Balaban J connectivity index is 1.11. The van der Waals surface area contributed by atoms with Crippen molar-refractivity contribution in [3.63, 3.8) is 0 Å². The molecular formula is C28H27F3N6. The van der Waals surface area contributed by atoms with Crippen molar-refractivity contribution < 1.29 is 13.2 Å². The fourth-order valence-corrected chi connectivity index (χ4v) is 5.96. The molecule has 4 heterocycles. The molecule has 6 rings (SSSR count). The number of rotatable bonds is 4. The molecule has 190 valence electrons. The van der Waals surface area contributed by atoms with Gasteiger partial charge >= 0.3 is 6.18 Å². The van der Waals surface area contributed by atoms with Crippen LogP contribution in [0.4, 0.5) is 19.0 Å². The lowest BCUT2D eigenvalue weighted by atomic mass is 9.72. The molecule has 0 aliphatic carbocycles. The average molecular weight is 505 g/mol. The lowest BCUT2D eigenvalue weighted by Crippen LogP contribution is -2.60. The first-order valence-corrected chi connectivity index (χ1v) is 12.5. The summed E-state index contributed by atoms with van der Waals surface area (Å²) in [6.07, 6.45) is -1.54. The van der Waals surface area contributed by atoms with Crippen molar-refractivity contribution in [2.75, 3.05) is 31.1 Å². The lowest BCUT2D eigenvalue weighted by molar-refractivity contribution is -0.127. The summed E-state index contributed by atoms with van der Waals surface area (Å²) in [7, 11) is 1.91. The monoisotopic (exact) mass is 504 g/mol. The third-order valence-corrected chi connectivity index (χ3v) is 7.98. The van der Waals surface area contributed by atoms with Crippen molar-refractivity contribution in [3.8, 4) is 6.07 Å². The van der Waals surface area contributed by atoms with Crippen LogP contribution in [0.5, 0.6) is 0 Å². The first kappa shape index (κ1) is 23.7. The van der Waals surface area contributed by atoms with Crippen molar-refractivity contribution in [1.29, 1.82) is 5.26 Å². The number of aryl methyl sites for hydroxylation is 1. The zero-order valence-corrected chi connectivity index (χ0v) is 20.6. The van der Waals surface area contributed by atoms with Gasteiger partial charge in [-0.3, -0.25) is 4.90 Å². The number of alkyl halides is 3. The van der Waals surface area contributed by atoms with Gasteiger partial charge in [0.15, 0.2) is 0 Å². The number of hydrogen-bond acceptors (Lipinski definition) is 5. The minimum atomic E-state index is -4.25. The number of likely N-dealkylation sites (tertiary alicyclic amines) is 1. The first-order chi connectivity index (χ1) is 17.7. The molecule has 2 aliphatic rings. The number of fused-ring (bicyclic) bond motifs is 2. The standard InChI is InChI=1S/C28H27F3N6/c1-35-22(14-32)12-21-10-20(3-5-25(21)35)15-36-8-6-27(7-9-36)16-37(17-27)26-23-11-19(13-28(29,30)31)2-4-24(23)33-18-34-26/h2-5,10-12,18H,6-9,13,15-17H2,1H3. The predicted octanol–water partition coefficient (Wildman–Crippen LogP) is 5.20. The largest absolute Gasteiger partial charge is 0.393 e. The summed E-state index contributed by atoms with van der Waals surface area (Å²) in [5.74, 6) is 0.731. The lowest BCUT2D eigenvalue weighted by Gasteiger charge is -2.54. The Morgan fingerprint density at radius 1 is 1.00 bits per heavy atom. The van der Waals surface area contributed by atoms with Crippen LogP contribution in [-0.4, -0.2) is 51.8 Å². The number of hydrogen-bond donors (Lipinski definition) is 0. The molecule has 2 saturated heterocycles. The highest BCUT2D eigenvalue weighted by atomic mass is 19.4. The summed E-state index contributed by atoms with van der Waals surface area (Å²) in [4.78, 5) is 13.4. The molecule has 4 aromatic rings. The molecule has 0 saturated carbocycles. The van der Waals surface area contributed by atoms with E-state index in [0.717, 1.165) is 62.3 Å². The zero-order chi connectivity index (χ0) is 25.8. The van der Waals surface area contributed by atoms with Crippen molar-refractivity contribution in [2.45, 2.75) is 32.0 Å². The summed E-state index contributed by atoms with van der Waals surface area (Å²) in [5.41, 5.74) is 4.10. The third-order valence-electron chi connectivity index (χ3n) is 7.98. The molecule has 0 amide bonds. The topological polar surface area (TPSA) is 61.0 Å². The van der Waals surface area contributed by atoms with E-state index in [1.54, 1.807) is 12.1 Å². The van der Waals surface area contributed by atoms with Crippen LogP contribution < -0.4 is 4.90 Å². The van der Waals surface area contributed by atoms with Crippen molar-refractivity contribution in [1.82, 2.24) is 19.4 Å². The van der Waals surface area contributed by atoms with Gasteiger partial charge in [-0.2, -0.15) is 18.4 Å². The molecule has 0 atom stereocenters. The van der Waals surface area contributed by atoms with Crippen LogP contribution in [-0.2, 0) is 20.0 Å². The zero-order valence-electron chi connectivity index (χ0n) is 20.6. The van der Waals surface area contributed by atoms with E-state index >= 15 is 0 Å². The second-order valence-electron chi connectivity index (χ2n) is 10.6. The highest BCUT2D eigenvalue weighted by Gasteiger charge is 2.45. The van der Waals surface area contributed by atoms with Crippen LogP contribution in [0, 0.1) is 16.7 Å². The number of nitrogens with zero attached hydrogens (tertiary/aromatic N) is 6. The average Bonchev–Trinajstić information content (AvgIpc) is 3.17. The summed E-state index contributed by atoms with van der Waals surface area (Å²) in [6, 6.07) is 15.3. The molecule has 0 N–H and O–H groups in total. The van der Waals surface area contributed by atoms with Gasteiger partial charge in [0.1, 0.15) is 23.9 Å². The Bertz CT molecular complexity index is 1520. The smallest absolute Gasteiger partial charge is 0.355 e. The van der Waals surface area contributed by atoms with Crippen LogP contribution in [0.1, 0.15) is 29.7 Å². The van der Waals surface area contributed by atoms with Crippen LogP contribution >= 0.6 is 0 Å². The van der Waals surface area contributed by atoms with E-state index in [2.05, 4.69) is 44.0 Å². The van der Waals surface area contributed by atoms with Crippen molar-refractivity contribution in [3.05, 3.63) is 65.6 Å². The maximum Gasteiger partial charge on any atom is 0.393 e. The van der Waals surface area contributed by atoms with E-state index in [-0.39, 0.29) is 11.0 Å². The summed E-state index contributed by atoms with van der Waals surface area (Å²) >= 11 is 0. The molecule has 2 fully saturated rings. The van der Waals surface area contributed by atoms with Gasteiger partial charge in [0.2, 0.25) is 0 Å². The van der Waals surface area contributed by atoms with Crippen molar-refractivity contribution >= 4 is 27.6 Å². The van der Waals surface area contributed by atoms with Gasteiger partial charge in [0.25, 0.3) is 0 Å². The SMILES string of the molecule is Cn1c(C#N)cc2cc(CN3CCC4(CC3)CN(c3ncnc5ccc(CC(F)(F)F)cc35)C4)ccc21. The molecule has 0 radical (unpaired) electrons. The molecule has 1 spiro atoms. The third kappa shape index (κ3) is 4.51. The van der Waals surface area contributed by atoms with Gasteiger partial charge < -0.3 is 9.47 Å². The fourth-order valence-electron chi connectivity index (χ4n) is 5.96.